The van der Waals surface area contributed by atoms with Crippen molar-refractivity contribution in [3.05, 3.63) is 95.3 Å². The molecule has 0 spiro atoms. The highest BCUT2D eigenvalue weighted by molar-refractivity contribution is 6.01. The van der Waals surface area contributed by atoms with E-state index in [2.05, 4.69) is 15.4 Å². The van der Waals surface area contributed by atoms with Crippen LogP contribution in [0.2, 0.25) is 0 Å². The lowest BCUT2D eigenvalue weighted by atomic mass is 10.1. The van der Waals surface area contributed by atoms with Gasteiger partial charge in [0.2, 0.25) is 5.82 Å². The van der Waals surface area contributed by atoms with Gasteiger partial charge in [-0.05, 0) is 50.6 Å². The van der Waals surface area contributed by atoms with Crippen molar-refractivity contribution in [3.63, 3.8) is 0 Å². The van der Waals surface area contributed by atoms with Gasteiger partial charge in [0.1, 0.15) is 0 Å². The fraction of sp³-hybridized carbons (Fsp3) is 0.125. The molecule has 0 saturated heterocycles. The number of carbonyl (C=O) groups is 1. The lowest BCUT2D eigenvalue weighted by molar-refractivity contribution is 0.101. The van der Waals surface area contributed by atoms with Crippen LogP contribution in [0.15, 0.2) is 72.8 Å². The third-order valence-corrected chi connectivity index (χ3v) is 4.68. The van der Waals surface area contributed by atoms with Gasteiger partial charge in [0.15, 0.2) is 5.82 Å². The molecule has 0 bridgehead atoms. The highest BCUT2D eigenvalue weighted by atomic mass is 16.2. The first-order chi connectivity index (χ1) is 14.0. The molecule has 1 N–H and O–H groups in total. The maximum absolute atomic E-state index is 12.8. The Morgan fingerprint density at radius 1 is 0.828 bits per heavy atom. The van der Waals surface area contributed by atoms with Crippen LogP contribution in [0.1, 0.15) is 27.3 Å². The summed E-state index contributed by atoms with van der Waals surface area (Å²) >= 11 is 0. The SMILES string of the molecule is Cc1ccc(NC(=O)c2nc(-c3ccc(C)cc3)n(-c3cccc(C)c3)n2)cc1. The summed E-state index contributed by atoms with van der Waals surface area (Å²) in [6, 6.07) is 23.6. The van der Waals surface area contributed by atoms with Crippen LogP contribution < -0.4 is 5.32 Å². The van der Waals surface area contributed by atoms with E-state index in [1.54, 1.807) is 4.68 Å². The molecular weight excluding hydrogens is 360 g/mol. The predicted molar refractivity (Wildman–Crippen MR) is 115 cm³/mol. The van der Waals surface area contributed by atoms with Gasteiger partial charge < -0.3 is 5.32 Å². The average Bonchev–Trinajstić information content (AvgIpc) is 3.16. The van der Waals surface area contributed by atoms with Crippen molar-refractivity contribution >= 4 is 11.6 Å². The number of anilines is 1. The summed E-state index contributed by atoms with van der Waals surface area (Å²) < 4.78 is 1.72. The molecule has 0 atom stereocenters. The van der Waals surface area contributed by atoms with Crippen LogP contribution in [-0.2, 0) is 0 Å². The molecule has 0 aliphatic heterocycles. The minimum Gasteiger partial charge on any atom is -0.319 e. The largest absolute Gasteiger partial charge is 0.319 e. The number of rotatable bonds is 4. The maximum Gasteiger partial charge on any atom is 0.295 e. The molecule has 0 aliphatic carbocycles. The summed E-state index contributed by atoms with van der Waals surface area (Å²) in [5.41, 5.74) is 5.88. The van der Waals surface area contributed by atoms with Gasteiger partial charge in [-0.15, -0.1) is 5.10 Å². The Kier molecular flexibility index (Phi) is 4.96. The number of aromatic nitrogens is 3. The summed E-state index contributed by atoms with van der Waals surface area (Å²) in [6.07, 6.45) is 0. The van der Waals surface area contributed by atoms with Crippen molar-refractivity contribution in [1.29, 1.82) is 0 Å². The number of nitrogens with one attached hydrogen (secondary N) is 1. The molecular formula is C24H22N4O. The van der Waals surface area contributed by atoms with E-state index in [9.17, 15) is 4.79 Å². The van der Waals surface area contributed by atoms with Gasteiger partial charge in [0.25, 0.3) is 5.91 Å². The van der Waals surface area contributed by atoms with Crippen LogP contribution in [-0.4, -0.2) is 20.7 Å². The molecule has 4 rings (SSSR count). The first-order valence-electron chi connectivity index (χ1n) is 9.49. The van der Waals surface area contributed by atoms with Crippen molar-refractivity contribution in [1.82, 2.24) is 14.8 Å². The molecule has 0 saturated carbocycles. The van der Waals surface area contributed by atoms with Crippen molar-refractivity contribution in [2.24, 2.45) is 0 Å². The molecule has 4 aromatic rings. The Labute approximate surface area is 170 Å². The Morgan fingerprint density at radius 2 is 1.48 bits per heavy atom. The second kappa shape index (κ2) is 7.72. The molecule has 0 unspecified atom stereocenters. The minimum absolute atomic E-state index is 0.127. The van der Waals surface area contributed by atoms with E-state index in [-0.39, 0.29) is 11.7 Å². The second-order valence-electron chi connectivity index (χ2n) is 7.20. The Morgan fingerprint density at radius 3 is 2.14 bits per heavy atom. The van der Waals surface area contributed by atoms with E-state index in [1.165, 1.54) is 0 Å². The second-order valence-corrected chi connectivity index (χ2v) is 7.20. The third kappa shape index (κ3) is 4.09. The molecule has 29 heavy (non-hydrogen) atoms. The monoisotopic (exact) mass is 382 g/mol. The van der Waals surface area contributed by atoms with Gasteiger partial charge in [-0.3, -0.25) is 4.79 Å². The Bertz CT molecular complexity index is 1160. The van der Waals surface area contributed by atoms with E-state index < -0.39 is 0 Å². The number of benzene rings is 3. The van der Waals surface area contributed by atoms with Gasteiger partial charge in [-0.1, -0.05) is 59.7 Å². The molecule has 1 amide bonds. The average molecular weight is 382 g/mol. The summed E-state index contributed by atoms with van der Waals surface area (Å²) in [7, 11) is 0. The lowest BCUT2D eigenvalue weighted by Gasteiger charge is -2.07. The van der Waals surface area contributed by atoms with E-state index in [0.29, 0.717) is 11.5 Å². The van der Waals surface area contributed by atoms with Gasteiger partial charge >= 0.3 is 0 Å². The fourth-order valence-corrected chi connectivity index (χ4v) is 3.06. The molecule has 1 heterocycles. The highest BCUT2D eigenvalue weighted by Gasteiger charge is 2.19. The minimum atomic E-state index is -0.339. The summed E-state index contributed by atoms with van der Waals surface area (Å²) in [5, 5.41) is 7.40. The lowest BCUT2D eigenvalue weighted by Crippen LogP contribution is -2.14. The van der Waals surface area contributed by atoms with Crippen LogP contribution >= 0.6 is 0 Å². The fourth-order valence-electron chi connectivity index (χ4n) is 3.06. The van der Waals surface area contributed by atoms with Crippen LogP contribution in [0.4, 0.5) is 5.69 Å². The molecule has 0 fully saturated rings. The van der Waals surface area contributed by atoms with E-state index in [4.69, 9.17) is 0 Å². The number of amides is 1. The van der Waals surface area contributed by atoms with E-state index >= 15 is 0 Å². The van der Waals surface area contributed by atoms with Gasteiger partial charge in [0, 0.05) is 11.3 Å². The molecule has 3 aromatic carbocycles. The zero-order valence-corrected chi connectivity index (χ0v) is 16.7. The quantitative estimate of drug-likeness (QED) is 0.533. The van der Waals surface area contributed by atoms with Crippen molar-refractivity contribution in [3.8, 4) is 17.1 Å². The van der Waals surface area contributed by atoms with E-state index in [0.717, 1.165) is 27.9 Å². The Hall–Kier alpha value is -3.73. The number of carbonyl (C=O) groups excluding carboxylic acids is 1. The molecule has 5 nitrogen and oxygen atoms in total. The summed E-state index contributed by atoms with van der Waals surface area (Å²) in [5.74, 6) is 0.418. The molecule has 144 valence electrons. The van der Waals surface area contributed by atoms with Crippen LogP contribution in [0, 0.1) is 20.8 Å². The third-order valence-electron chi connectivity index (χ3n) is 4.68. The normalized spacial score (nSPS) is 10.7. The first-order valence-corrected chi connectivity index (χ1v) is 9.49. The van der Waals surface area contributed by atoms with Crippen LogP contribution in [0.25, 0.3) is 17.1 Å². The molecule has 1 aromatic heterocycles. The molecule has 0 radical (unpaired) electrons. The highest BCUT2D eigenvalue weighted by Crippen LogP contribution is 2.23. The predicted octanol–water partition coefficient (Wildman–Crippen LogP) is 5.11. The number of hydrogen-bond donors (Lipinski definition) is 1. The standard InChI is InChI=1S/C24H22N4O/c1-16-7-11-19(12-8-16)23-26-22(24(29)25-20-13-9-17(2)10-14-20)27-28(23)21-6-4-5-18(3)15-21/h4-15H,1-3H3,(H,25,29). The van der Waals surface area contributed by atoms with Gasteiger partial charge in [0.05, 0.1) is 5.69 Å². The summed E-state index contributed by atoms with van der Waals surface area (Å²) in [4.78, 5) is 17.4. The zero-order chi connectivity index (χ0) is 20.4. The van der Waals surface area contributed by atoms with Crippen LogP contribution in [0.3, 0.4) is 0 Å². The number of aryl methyl sites for hydroxylation is 3. The van der Waals surface area contributed by atoms with Crippen molar-refractivity contribution in [2.45, 2.75) is 20.8 Å². The van der Waals surface area contributed by atoms with Gasteiger partial charge in [-0.2, -0.15) is 0 Å². The summed E-state index contributed by atoms with van der Waals surface area (Å²) in [6.45, 7) is 6.07. The Balaban J connectivity index is 1.75. The van der Waals surface area contributed by atoms with Crippen molar-refractivity contribution in [2.75, 3.05) is 5.32 Å². The first kappa shape index (κ1) is 18.6. The number of hydrogen-bond acceptors (Lipinski definition) is 3. The molecule has 5 heteroatoms. The topological polar surface area (TPSA) is 59.8 Å². The maximum atomic E-state index is 12.8. The smallest absolute Gasteiger partial charge is 0.295 e. The van der Waals surface area contributed by atoms with Crippen LogP contribution in [0.5, 0.6) is 0 Å². The molecule has 0 aliphatic rings. The van der Waals surface area contributed by atoms with Gasteiger partial charge in [-0.25, -0.2) is 9.67 Å². The number of nitrogens with zero attached hydrogens (tertiary/aromatic N) is 3. The van der Waals surface area contributed by atoms with Crippen molar-refractivity contribution < 1.29 is 4.79 Å². The van der Waals surface area contributed by atoms with E-state index in [1.807, 2.05) is 93.6 Å². The zero-order valence-electron chi connectivity index (χ0n) is 16.7.